The van der Waals surface area contributed by atoms with Gasteiger partial charge in [0.05, 0.1) is 4.70 Å². The van der Waals surface area contributed by atoms with Gasteiger partial charge in [-0.3, -0.25) is 0 Å². The Balaban J connectivity index is 2.77. The highest BCUT2D eigenvalue weighted by molar-refractivity contribution is 7.20. The summed E-state index contributed by atoms with van der Waals surface area (Å²) < 4.78 is 13.9. The second kappa shape index (κ2) is 3.06. The Kier molecular flexibility index (Phi) is 2.00. The number of aryl methyl sites for hydroxylation is 1. The third-order valence-electron chi connectivity index (χ3n) is 2.03. The first-order valence-corrected chi connectivity index (χ1v) is 4.83. The molecule has 1 heterocycles. The van der Waals surface area contributed by atoms with Crippen LogP contribution in [0.15, 0.2) is 18.2 Å². The Morgan fingerprint density at radius 3 is 2.86 bits per heavy atom. The van der Waals surface area contributed by atoms with Gasteiger partial charge < -0.3 is 5.11 Å². The first-order chi connectivity index (χ1) is 6.59. The summed E-state index contributed by atoms with van der Waals surface area (Å²) >= 11 is 0.972. The van der Waals surface area contributed by atoms with E-state index < -0.39 is 5.97 Å². The number of hydrogen-bond donors (Lipinski definition) is 1. The topological polar surface area (TPSA) is 37.3 Å². The quantitative estimate of drug-likeness (QED) is 0.785. The molecule has 1 aromatic heterocycles. The van der Waals surface area contributed by atoms with E-state index >= 15 is 0 Å². The molecule has 1 N–H and O–H groups in total. The van der Waals surface area contributed by atoms with Crippen LogP contribution in [0.25, 0.3) is 10.1 Å². The molecule has 0 amide bonds. The number of aromatic carboxylic acids is 1. The molecule has 2 nitrogen and oxygen atoms in total. The molecule has 0 saturated heterocycles. The highest BCUT2D eigenvalue weighted by atomic mass is 32.1. The summed E-state index contributed by atoms with van der Waals surface area (Å²) in [6, 6.07) is 4.87. The van der Waals surface area contributed by atoms with E-state index in [0.29, 0.717) is 15.6 Å². The second-order valence-corrected chi connectivity index (χ2v) is 4.08. The number of fused-ring (bicyclic) bond motifs is 1. The van der Waals surface area contributed by atoms with Gasteiger partial charge in [-0.2, -0.15) is 0 Å². The van der Waals surface area contributed by atoms with Crippen molar-refractivity contribution in [2.45, 2.75) is 6.92 Å². The van der Waals surface area contributed by atoms with Crippen LogP contribution >= 0.6 is 11.3 Å². The van der Waals surface area contributed by atoms with Gasteiger partial charge in [0.25, 0.3) is 0 Å². The van der Waals surface area contributed by atoms with Crippen LogP contribution in [0.5, 0.6) is 0 Å². The van der Waals surface area contributed by atoms with E-state index in [1.54, 1.807) is 19.1 Å². The fraction of sp³-hybridized carbons (Fsp3) is 0.100. The summed E-state index contributed by atoms with van der Waals surface area (Å²) in [6.45, 7) is 1.66. The molecule has 0 bridgehead atoms. The largest absolute Gasteiger partial charge is 0.477 e. The second-order valence-electron chi connectivity index (χ2n) is 3.03. The molecule has 0 radical (unpaired) electrons. The zero-order chi connectivity index (χ0) is 10.3. The van der Waals surface area contributed by atoms with Crippen LogP contribution in [0.3, 0.4) is 0 Å². The molecular weight excluding hydrogens is 203 g/mol. The maximum Gasteiger partial charge on any atom is 0.345 e. The highest BCUT2D eigenvalue weighted by Gasteiger charge is 2.12. The van der Waals surface area contributed by atoms with Crippen LogP contribution in [0.2, 0.25) is 0 Å². The van der Waals surface area contributed by atoms with Gasteiger partial charge in [0, 0.05) is 0 Å². The maximum absolute atomic E-state index is 13.5. The number of carboxylic acids is 1. The Hall–Kier alpha value is -1.42. The molecule has 0 fully saturated rings. The van der Waals surface area contributed by atoms with Crippen molar-refractivity contribution in [2.75, 3.05) is 0 Å². The van der Waals surface area contributed by atoms with Crippen LogP contribution in [0, 0.1) is 12.7 Å². The predicted octanol–water partition coefficient (Wildman–Crippen LogP) is 3.05. The fourth-order valence-corrected chi connectivity index (χ4v) is 2.26. The van der Waals surface area contributed by atoms with E-state index in [1.165, 1.54) is 6.07 Å². The number of hydrogen-bond acceptors (Lipinski definition) is 2. The molecule has 0 aliphatic carbocycles. The van der Waals surface area contributed by atoms with Gasteiger partial charge >= 0.3 is 5.97 Å². The standard InChI is InChI=1S/C10H7FO2S/c1-5-2-3-6-4-7(10(12)13)14-9(6)8(5)11/h2-4H,1H3,(H,12,13). The van der Waals surface area contributed by atoms with Crippen molar-refractivity contribution in [3.05, 3.63) is 34.5 Å². The fourth-order valence-electron chi connectivity index (χ4n) is 1.27. The number of rotatable bonds is 1. The zero-order valence-electron chi connectivity index (χ0n) is 7.37. The normalized spacial score (nSPS) is 10.7. The van der Waals surface area contributed by atoms with Crippen molar-refractivity contribution >= 4 is 27.4 Å². The Bertz CT molecular complexity index is 516. The van der Waals surface area contributed by atoms with E-state index in [0.717, 1.165) is 11.3 Å². The van der Waals surface area contributed by atoms with Crippen LogP contribution < -0.4 is 0 Å². The van der Waals surface area contributed by atoms with Crippen molar-refractivity contribution in [2.24, 2.45) is 0 Å². The molecule has 2 aromatic rings. The average molecular weight is 210 g/mol. The van der Waals surface area contributed by atoms with Crippen molar-refractivity contribution in [3.8, 4) is 0 Å². The summed E-state index contributed by atoms with van der Waals surface area (Å²) in [4.78, 5) is 10.8. The van der Waals surface area contributed by atoms with Gasteiger partial charge in [-0.25, -0.2) is 9.18 Å². The van der Waals surface area contributed by atoms with Crippen molar-refractivity contribution in [3.63, 3.8) is 0 Å². The van der Waals surface area contributed by atoms with Crippen molar-refractivity contribution in [1.29, 1.82) is 0 Å². The molecule has 0 spiro atoms. The van der Waals surface area contributed by atoms with Crippen molar-refractivity contribution in [1.82, 2.24) is 0 Å². The number of carboxylic acid groups (broad SMARTS) is 1. The lowest BCUT2D eigenvalue weighted by atomic mass is 10.2. The number of halogens is 1. The maximum atomic E-state index is 13.5. The minimum Gasteiger partial charge on any atom is -0.477 e. The van der Waals surface area contributed by atoms with E-state index in [1.807, 2.05) is 0 Å². The zero-order valence-corrected chi connectivity index (χ0v) is 8.19. The summed E-state index contributed by atoms with van der Waals surface area (Å²) in [6.07, 6.45) is 0. The first-order valence-electron chi connectivity index (χ1n) is 4.01. The molecule has 2 rings (SSSR count). The van der Waals surface area contributed by atoms with Crippen LogP contribution in [-0.2, 0) is 0 Å². The number of benzene rings is 1. The molecule has 72 valence electrons. The minimum atomic E-state index is -1.01. The van der Waals surface area contributed by atoms with Crippen LogP contribution in [0.4, 0.5) is 4.39 Å². The molecule has 0 saturated carbocycles. The summed E-state index contributed by atoms with van der Waals surface area (Å²) in [5, 5.41) is 9.38. The van der Waals surface area contributed by atoms with Gasteiger partial charge in [0.15, 0.2) is 0 Å². The van der Waals surface area contributed by atoms with Gasteiger partial charge in [0.2, 0.25) is 0 Å². The van der Waals surface area contributed by atoms with Crippen LogP contribution in [0.1, 0.15) is 15.2 Å². The van der Waals surface area contributed by atoms with Gasteiger partial charge in [-0.1, -0.05) is 12.1 Å². The lowest BCUT2D eigenvalue weighted by Crippen LogP contribution is -1.89. The molecule has 0 aliphatic rings. The van der Waals surface area contributed by atoms with Crippen LogP contribution in [-0.4, -0.2) is 11.1 Å². The molecule has 1 aromatic carbocycles. The third kappa shape index (κ3) is 1.28. The molecule has 14 heavy (non-hydrogen) atoms. The third-order valence-corrected chi connectivity index (χ3v) is 3.16. The lowest BCUT2D eigenvalue weighted by molar-refractivity contribution is 0.0702. The Morgan fingerprint density at radius 1 is 1.50 bits per heavy atom. The summed E-state index contributed by atoms with van der Waals surface area (Å²) in [5.74, 6) is -1.33. The molecule has 4 heteroatoms. The average Bonchev–Trinajstić information content (AvgIpc) is 2.56. The summed E-state index contributed by atoms with van der Waals surface area (Å²) in [5.41, 5.74) is 0.538. The number of carbonyl (C=O) groups is 1. The highest BCUT2D eigenvalue weighted by Crippen LogP contribution is 2.29. The Morgan fingerprint density at radius 2 is 2.21 bits per heavy atom. The lowest BCUT2D eigenvalue weighted by Gasteiger charge is -1.95. The molecular formula is C10H7FO2S. The molecule has 0 atom stereocenters. The smallest absolute Gasteiger partial charge is 0.345 e. The SMILES string of the molecule is Cc1ccc2cc(C(=O)O)sc2c1F. The van der Waals surface area contributed by atoms with Gasteiger partial charge in [0.1, 0.15) is 10.7 Å². The van der Waals surface area contributed by atoms with E-state index in [-0.39, 0.29) is 10.7 Å². The molecule has 0 aliphatic heterocycles. The van der Waals surface area contributed by atoms with Gasteiger partial charge in [-0.15, -0.1) is 11.3 Å². The summed E-state index contributed by atoms with van der Waals surface area (Å²) in [7, 11) is 0. The first kappa shape index (κ1) is 9.15. The minimum absolute atomic E-state index is 0.171. The van der Waals surface area contributed by atoms with E-state index in [2.05, 4.69) is 0 Å². The van der Waals surface area contributed by atoms with E-state index in [4.69, 9.17) is 5.11 Å². The van der Waals surface area contributed by atoms with Gasteiger partial charge in [-0.05, 0) is 23.9 Å². The van der Waals surface area contributed by atoms with E-state index in [9.17, 15) is 9.18 Å². The predicted molar refractivity (Wildman–Crippen MR) is 53.5 cm³/mol. The number of thiophene rings is 1. The van der Waals surface area contributed by atoms with Crippen molar-refractivity contribution < 1.29 is 14.3 Å². The monoisotopic (exact) mass is 210 g/mol. The molecule has 0 unspecified atom stereocenters. The Labute approximate surface area is 83.6 Å².